The van der Waals surface area contributed by atoms with Crippen molar-refractivity contribution < 1.29 is 9.90 Å². The smallest absolute Gasteiger partial charge is 0.214 e. The second-order valence-corrected chi connectivity index (χ2v) is 2.29. The summed E-state index contributed by atoms with van der Waals surface area (Å²) in [5.41, 5.74) is 4.47. The molecule has 3 heteroatoms. The zero-order valence-corrected chi connectivity index (χ0v) is 8.92. The molecule has 0 bridgehead atoms. The van der Waals surface area contributed by atoms with Crippen molar-refractivity contribution in [2.45, 2.75) is 40.5 Å². The number of aliphatic hydroxyl groups is 1. The molecule has 0 atom stereocenters. The molecule has 0 unspecified atom stereocenters. The Morgan fingerprint density at radius 1 is 1.33 bits per heavy atom. The number of primary amides is 1. The van der Waals surface area contributed by atoms with Gasteiger partial charge in [0.2, 0.25) is 5.91 Å². The summed E-state index contributed by atoms with van der Waals surface area (Å²) in [5, 5.41) is 7.00. The van der Waals surface area contributed by atoms with E-state index >= 15 is 0 Å². The molecule has 0 saturated heterocycles. The zero-order chi connectivity index (χ0) is 10.6. The molecule has 1 aliphatic rings. The van der Waals surface area contributed by atoms with Gasteiger partial charge in [0.1, 0.15) is 0 Å². The van der Waals surface area contributed by atoms with Gasteiger partial charge in [0, 0.05) is 14.0 Å². The lowest BCUT2D eigenvalue weighted by Gasteiger charge is -1.60. The van der Waals surface area contributed by atoms with Crippen LogP contribution in [0.1, 0.15) is 40.5 Å². The minimum atomic E-state index is -0.333. The summed E-state index contributed by atoms with van der Waals surface area (Å²) in [6.45, 7) is 7.58. The lowest BCUT2D eigenvalue weighted by molar-refractivity contribution is -0.115. The molecule has 0 spiro atoms. The van der Waals surface area contributed by atoms with Crippen molar-refractivity contribution in [3.05, 3.63) is 0 Å². The minimum Gasteiger partial charge on any atom is -0.400 e. The summed E-state index contributed by atoms with van der Waals surface area (Å²) in [7, 11) is 1.00. The van der Waals surface area contributed by atoms with Gasteiger partial charge in [-0.2, -0.15) is 0 Å². The second kappa shape index (κ2) is 16.8. The highest BCUT2D eigenvalue weighted by molar-refractivity contribution is 5.70. The molecule has 1 saturated carbocycles. The lowest BCUT2D eigenvalue weighted by atomic mass is 10.5. The maximum atomic E-state index is 9.22. The quantitative estimate of drug-likeness (QED) is 0.589. The van der Waals surface area contributed by atoms with E-state index in [0.717, 1.165) is 13.0 Å². The molecule has 76 valence electrons. The molecule has 0 radical (unpaired) electrons. The molecule has 0 aromatic rings. The van der Waals surface area contributed by atoms with Gasteiger partial charge in [-0.3, -0.25) is 4.79 Å². The van der Waals surface area contributed by atoms with Gasteiger partial charge in [-0.05, 0) is 5.92 Å². The summed E-state index contributed by atoms with van der Waals surface area (Å²) in [6, 6.07) is 0. The van der Waals surface area contributed by atoms with Crippen molar-refractivity contribution in [3.63, 3.8) is 0 Å². The van der Waals surface area contributed by atoms with Crippen molar-refractivity contribution in [2.75, 3.05) is 7.11 Å². The largest absolute Gasteiger partial charge is 0.400 e. The first-order valence-electron chi connectivity index (χ1n) is 4.33. The molecule has 0 aromatic heterocycles. The monoisotopic (exact) mass is 177 g/mol. The van der Waals surface area contributed by atoms with Crippen molar-refractivity contribution in [1.29, 1.82) is 0 Å². The van der Waals surface area contributed by atoms with Crippen molar-refractivity contribution in [1.82, 2.24) is 0 Å². The van der Waals surface area contributed by atoms with Crippen LogP contribution in [0.25, 0.3) is 0 Å². The molecule has 0 aliphatic heterocycles. The second-order valence-electron chi connectivity index (χ2n) is 2.29. The highest BCUT2D eigenvalue weighted by Gasteiger charge is 2.12. The molecule has 1 fully saturated rings. The van der Waals surface area contributed by atoms with Gasteiger partial charge in [0.05, 0.1) is 0 Å². The van der Waals surface area contributed by atoms with Crippen LogP contribution in [0.5, 0.6) is 0 Å². The standard InChI is InChI=1S/C4H8.C2H5NO.C2H6.CH4O/c1-4-2-3-4;1-2(3)4;2*1-2/h4H,2-3H2,1H3;1H3,(H2,3,4);1-2H3;2H,1H3. The van der Waals surface area contributed by atoms with E-state index in [1.54, 1.807) is 0 Å². The Kier molecular flexibility index (Phi) is 24.5. The lowest BCUT2D eigenvalue weighted by Crippen LogP contribution is -2.01. The van der Waals surface area contributed by atoms with Gasteiger partial charge in [-0.15, -0.1) is 0 Å². The van der Waals surface area contributed by atoms with Crippen LogP contribution >= 0.6 is 0 Å². The third-order valence-corrected chi connectivity index (χ3v) is 0.866. The van der Waals surface area contributed by atoms with Crippen LogP contribution in [0.4, 0.5) is 0 Å². The Bertz CT molecular complexity index is 76.6. The van der Waals surface area contributed by atoms with Crippen LogP contribution < -0.4 is 5.73 Å². The number of carbonyl (C=O) groups is 1. The van der Waals surface area contributed by atoms with E-state index < -0.39 is 0 Å². The van der Waals surface area contributed by atoms with Crippen LogP contribution in [0.15, 0.2) is 0 Å². The van der Waals surface area contributed by atoms with E-state index in [2.05, 4.69) is 12.7 Å². The Labute approximate surface area is 76.0 Å². The van der Waals surface area contributed by atoms with Crippen LogP contribution in [0.2, 0.25) is 0 Å². The number of hydrogen-bond donors (Lipinski definition) is 2. The maximum Gasteiger partial charge on any atom is 0.214 e. The average Bonchev–Trinajstić information content (AvgIpc) is 2.79. The molecule has 1 amide bonds. The summed E-state index contributed by atoms with van der Waals surface area (Å²) in [5.74, 6) is 0.750. The van der Waals surface area contributed by atoms with E-state index in [0.29, 0.717) is 0 Å². The Morgan fingerprint density at radius 2 is 1.42 bits per heavy atom. The predicted octanol–water partition coefficient (Wildman–Crippen LogP) is 1.54. The molecule has 0 aromatic carbocycles. The zero-order valence-electron chi connectivity index (χ0n) is 8.92. The Hall–Kier alpha value is -0.570. The van der Waals surface area contributed by atoms with E-state index in [1.165, 1.54) is 19.8 Å². The summed E-state index contributed by atoms with van der Waals surface area (Å²) in [6.07, 6.45) is 2.97. The highest BCUT2D eigenvalue weighted by Crippen LogP contribution is 2.26. The molecule has 1 rings (SSSR count). The van der Waals surface area contributed by atoms with Crippen molar-refractivity contribution in [3.8, 4) is 0 Å². The molecular formula is C9H23NO2. The summed E-state index contributed by atoms with van der Waals surface area (Å²) >= 11 is 0. The number of rotatable bonds is 0. The fraction of sp³-hybridized carbons (Fsp3) is 0.889. The van der Waals surface area contributed by atoms with Gasteiger partial charge in [0.15, 0.2) is 0 Å². The predicted molar refractivity (Wildman–Crippen MR) is 52.8 cm³/mol. The van der Waals surface area contributed by atoms with Gasteiger partial charge >= 0.3 is 0 Å². The SMILES string of the molecule is CC.CC(N)=O.CC1CC1.CO. The van der Waals surface area contributed by atoms with Crippen molar-refractivity contribution in [2.24, 2.45) is 11.7 Å². The fourth-order valence-corrected chi connectivity index (χ4v) is 0.167. The van der Waals surface area contributed by atoms with E-state index in [9.17, 15) is 4.79 Å². The number of aliphatic hydroxyl groups excluding tert-OH is 1. The van der Waals surface area contributed by atoms with Gasteiger partial charge in [-0.25, -0.2) is 0 Å². The van der Waals surface area contributed by atoms with Crippen LogP contribution in [0, 0.1) is 5.92 Å². The third-order valence-electron chi connectivity index (χ3n) is 0.866. The van der Waals surface area contributed by atoms with Crippen LogP contribution in [-0.2, 0) is 4.79 Å². The van der Waals surface area contributed by atoms with Gasteiger partial charge < -0.3 is 10.8 Å². The highest BCUT2D eigenvalue weighted by atomic mass is 16.2. The average molecular weight is 177 g/mol. The fourth-order valence-electron chi connectivity index (χ4n) is 0.167. The molecule has 3 nitrogen and oxygen atoms in total. The number of carbonyl (C=O) groups excluding carboxylic acids is 1. The molecular weight excluding hydrogens is 154 g/mol. The van der Waals surface area contributed by atoms with E-state index in [1.807, 2.05) is 13.8 Å². The first-order valence-corrected chi connectivity index (χ1v) is 4.33. The first kappa shape index (κ1) is 17.5. The Morgan fingerprint density at radius 3 is 1.42 bits per heavy atom. The van der Waals surface area contributed by atoms with Gasteiger partial charge in [-0.1, -0.05) is 33.6 Å². The topological polar surface area (TPSA) is 63.3 Å². The maximum absolute atomic E-state index is 9.22. The number of nitrogens with two attached hydrogens (primary N) is 1. The number of amides is 1. The molecule has 12 heavy (non-hydrogen) atoms. The molecule has 0 heterocycles. The molecule has 3 N–H and O–H groups in total. The van der Waals surface area contributed by atoms with E-state index in [-0.39, 0.29) is 5.91 Å². The van der Waals surface area contributed by atoms with E-state index in [4.69, 9.17) is 5.11 Å². The van der Waals surface area contributed by atoms with Crippen molar-refractivity contribution >= 4 is 5.91 Å². The Balaban J connectivity index is -0.0000000967. The first-order chi connectivity index (χ1) is 5.63. The van der Waals surface area contributed by atoms with Crippen LogP contribution in [0.3, 0.4) is 0 Å². The van der Waals surface area contributed by atoms with Crippen LogP contribution in [-0.4, -0.2) is 18.1 Å². The minimum absolute atomic E-state index is 0.333. The normalized spacial score (nSPS) is 11.8. The third kappa shape index (κ3) is 113. The summed E-state index contributed by atoms with van der Waals surface area (Å²) < 4.78 is 0. The van der Waals surface area contributed by atoms with Gasteiger partial charge in [0.25, 0.3) is 0 Å². The molecule has 1 aliphatic carbocycles. The number of hydrogen-bond acceptors (Lipinski definition) is 2. The summed E-state index contributed by atoms with van der Waals surface area (Å²) in [4.78, 5) is 9.22.